The van der Waals surface area contributed by atoms with Crippen LogP contribution in [0.2, 0.25) is 5.28 Å². The highest BCUT2D eigenvalue weighted by molar-refractivity contribution is 6.28. The largest absolute Gasteiger partial charge is 0.453 e. The number of rotatable bonds is 0. The van der Waals surface area contributed by atoms with Gasteiger partial charge in [-0.2, -0.15) is 0 Å². The van der Waals surface area contributed by atoms with E-state index in [-0.39, 0.29) is 5.28 Å². The first kappa shape index (κ1) is 7.76. The Bertz CT molecular complexity index is 618. The van der Waals surface area contributed by atoms with E-state index in [1.54, 1.807) is 6.20 Å². The van der Waals surface area contributed by atoms with Gasteiger partial charge in [-0.05, 0) is 23.7 Å². The van der Waals surface area contributed by atoms with Crippen molar-refractivity contribution in [2.45, 2.75) is 0 Å². The molecule has 0 spiro atoms. The molecule has 0 saturated carbocycles. The Morgan fingerprint density at radius 3 is 2.93 bits per heavy atom. The number of fused-ring (bicyclic) bond motifs is 3. The molecular formula is C10H5ClN2O. The molecule has 1 aromatic carbocycles. The van der Waals surface area contributed by atoms with Crippen LogP contribution in [0.1, 0.15) is 0 Å². The standard InChI is InChI=1S/C10H5ClN2O/c11-10-12-5-8-9(13-10)6-3-1-2-4-7(6)14-8/h1-5H. The monoisotopic (exact) mass is 204 g/mol. The van der Waals surface area contributed by atoms with Crippen LogP contribution in [0.3, 0.4) is 0 Å². The fourth-order valence-corrected chi connectivity index (χ4v) is 1.62. The highest BCUT2D eigenvalue weighted by atomic mass is 35.5. The van der Waals surface area contributed by atoms with Gasteiger partial charge in [-0.3, -0.25) is 0 Å². The van der Waals surface area contributed by atoms with Crippen molar-refractivity contribution in [3.05, 3.63) is 35.7 Å². The number of hydrogen-bond donors (Lipinski definition) is 0. The molecule has 0 N–H and O–H groups in total. The van der Waals surface area contributed by atoms with Crippen molar-refractivity contribution < 1.29 is 4.42 Å². The maximum atomic E-state index is 5.71. The Hall–Kier alpha value is -1.61. The van der Waals surface area contributed by atoms with Crippen molar-refractivity contribution in [2.75, 3.05) is 0 Å². The van der Waals surface area contributed by atoms with Gasteiger partial charge in [0.25, 0.3) is 0 Å². The number of aromatic nitrogens is 2. The zero-order valence-corrected chi connectivity index (χ0v) is 7.82. The first-order chi connectivity index (χ1) is 6.84. The molecule has 3 aromatic rings. The zero-order chi connectivity index (χ0) is 9.54. The third-order valence-electron chi connectivity index (χ3n) is 2.09. The molecule has 2 heterocycles. The van der Waals surface area contributed by atoms with Gasteiger partial charge >= 0.3 is 0 Å². The van der Waals surface area contributed by atoms with E-state index in [2.05, 4.69) is 9.97 Å². The van der Waals surface area contributed by atoms with Crippen LogP contribution < -0.4 is 0 Å². The summed E-state index contributed by atoms with van der Waals surface area (Å²) in [7, 11) is 0. The summed E-state index contributed by atoms with van der Waals surface area (Å²) in [4.78, 5) is 7.99. The van der Waals surface area contributed by atoms with E-state index < -0.39 is 0 Å². The van der Waals surface area contributed by atoms with Crippen molar-refractivity contribution >= 4 is 33.7 Å². The van der Waals surface area contributed by atoms with Gasteiger partial charge in [0.15, 0.2) is 5.58 Å². The number of furan rings is 1. The normalized spacial score (nSPS) is 11.2. The van der Waals surface area contributed by atoms with Crippen LogP contribution in [0.25, 0.3) is 22.1 Å². The second-order valence-corrected chi connectivity index (χ2v) is 3.29. The fraction of sp³-hybridized carbons (Fsp3) is 0. The molecule has 0 bridgehead atoms. The van der Waals surface area contributed by atoms with Crippen molar-refractivity contribution in [3.63, 3.8) is 0 Å². The number of benzene rings is 1. The Balaban J connectivity index is 2.58. The number of nitrogens with zero attached hydrogens (tertiary/aromatic N) is 2. The molecule has 4 heteroatoms. The molecule has 0 aliphatic heterocycles. The van der Waals surface area contributed by atoms with Gasteiger partial charge in [0, 0.05) is 5.39 Å². The van der Waals surface area contributed by atoms with Gasteiger partial charge in [-0.25, -0.2) is 9.97 Å². The minimum absolute atomic E-state index is 0.240. The SMILES string of the molecule is Clc1ncc2oc3ccccc3c2n1. The van der Waals surface area contributed by atoms with Crippen LogP contribution in [-0.2, 0) is 0 Å². The van der Waals surface area contributed by atoms with E-state index in [1.165, 1.54) is 0 Å². The molecule has 2 aromatic heterocycles. The summed E-state index contributed by atoms with van der Waals surface area (Å²) in [5.74, 6) is 0. The van der Waals surface area contributed by atoms with Crippen LogP contribution >= 0.6 is 11.6 Å². The Kier molecular flexibility index (Phi) is 1.49. The van der Waals surface area contributed by atoms with Crippen LogP contribution in [-0.4, -0.2) is 9.97 Å². The molecule has 0 radical (unpaired) electrons. The summed E-state index contributed by atoms with van der Waals surface area (Å²) >= 11 is 5.71. The number of hydrogen-bond acceptors (Lipinski definition) is 3. The van der Waals surface area contributed by atoms with Crippen molar-refractivity contribution in [1.29, 1.82) is 0 Å². The summed E-state index contributed by atoms with van der Waals surface area (Å²) in [6, 6.07) is 7.70. The quantitative estimate of drug-likeness (QED) is 0.529. The first-order valence-electron chi connectivity index (χ1n) is 4.14. The van der Waals surface area contributed by atoms with Crippen molar-refractivity contribution in [1.82, 2.24) is 9.97 Å². The van der Waals surface area contributed by atoms with E-state index in [9.17, 15) is 0 Å². The molecule has 0 fully saturated rings. The van der Waals surface area contributed by atoms with Gasteiger partial charge in [0.1, 0.15) is 11.1 Å². The van der Waals surface area contributed by atoms with Gasteiger partial charge in [0.2, 0.25) is 5.28 Å². The molecular weight excluding hydrogens is 200 g/mol. The first-order valence-corrected chi connectivity index (χ1v) is 4.52. The molecule has 14 heavy (non-hydrogen) atoms. The van der Waals surface area contributed by atoms with E-state index in [0.717, 1.165) is 16.5 Å². The fourth-order valence-electron chi connectivity index (χ4n) is 1.49. The summed E-state index contributed by atoms with van der Waals surface area (Å²) in [5.41, 5.74) is 2.23. The maximum absolute atomic E-state index is 5.71. The Morgan fingerprint density at radius 2 is 2.00 bits per heavy atom. The highest BCUT2D eigenvalue weighted by Gasteiger charge is 2.07. The van der Waals surface area contributed by atoms with Crippen LogP contribution in [0.5, 0.6) is 0 Å². The average Bonchev–Trinajstić information content (AvgIpc) is 2.56. The summed E-state index contributed by atoms with van der Waals surface area (Å²) in [6.07, 6.45) is 1.59. The molecule has 0 aliphatic carbocycles. The molecule has 3 rings (SSSR count). The Morgan fingerprint density at radius 1 is 1.14 bits per heavy atom. The van der Waals surface area contributed by atoms with Crippen LogP contribution in [0.4, 0.5) is 0 Å². The van der Waals surface area contributed by atoms with Crippen LogP contribution in [0.15, 0.2) is 34.9 Å². The smallest absolute Gasteiger partial charge is 0.223 e. The Labute approximate surface area is 84.3 Å². The summed E-state index contributed by atoms with van der Waals surface area (Å²) in [5, 5.41) is 1.20. The molecule has 0 amide bonds. The molecule has 0 saturated heterocycles. The lowest BCUT2D eigenvalue weighted by molar-refractivity contribution is 0.665. The second-order valence-electron chi connectivity index (χ2n) is 2.95. The van der Waals surface area contributed by atoms with E-state index in [0.29, 0.717) is 5.58 Å². The lowest BCUT2D eigenvalue weighted by atomic mass is 10.2. The number of para-hydroxylation sites is 1. The van der Waals surface area contributed by atoms with Gasteiger partial charge in [0.05, 0.1) is 6.20 Å². The average molecular weight is 205 g/mol. The van der Waals surface area contributed by atoms with E-state index in [1.807, 2.05) is 24.3 Å². The lowest BCUT2D eigenvalue weighted by Crippen LogP contribution is -1.79. The predicted octanol–water partition coefficient (Wildman–Crippen LogP) is 3.03. The zero-order valence-electron chi connectivity index (χ0n) is 7.07. The van der Waals surface area contributed by atoms with E-state index >= 15 is 0 Å². The molecule has 0 aliphatic rings. The minimum Gasteiger partial charge on any atom is -0.453 e. The predicted molar refractivity (Wildman–Crippen MR) is 54.3 cm³/mol. The third kappa shape index (κ3) is 0.992. The third-order valence-corrected chi connectivity index (χ3v) is 2.27. The highest BCUT2D eigenvalue weighted by Crippen LogP contribution is 2.26. The van der Waals surface area contributed by atoms with Crippen LogP contribution in [0, 0.1) is 0 Å². The summed E-state index contributed by atoms with van der Waals surface area (Å²) in [6.45, 7) is 0. The summed E-state index contributed by atoms with van der Waals surface area (Å²) < 4.78 is 5.52. The minimum atomic E-state index is 0.240. The molecule has 0 atom stereocenters. The van der Waals surface area contributed by atoms with Gasteiger partial charge in [-0.1, -0.05) is 12.1 Å². The van der Waals surface area contributed by atoms with Crippen molar-refractivity contribution in [2.24, 2.45) is 0 Å². The second kappa shape index (κ2) is 2.69. The lowest BCUT2D eigenvalue weighted by Gasteiger charge is -1.87. The topological polar surface area (TPSA) is 38.9 Å². The molecule has 3 nitrogen and oxygen atoms in total. The molecule has 0 unspecified atom stereocenters. The molecule has 68 valence electrons. The van der Waals surface area contributed by atoms with Crippen molar-refractivity contribution in [3.8, 4) is 0 Å². The maximum Gasteiger partial charge on any atom is 0.223 e. The van der Waals surface area contributed by atoms with E-state index in [4.69, 9.17) is 16.0 Å². The van der Waals surface area contributed by atoms with Gasteiger partial charge < -0.3 is 4.42 Å². The number of halogens is 1. The van der Waals surface area contributed by atoms with Gasteiger partial charge in [-0.15, -0.1) is 0 Å².